The van der Waals surface area contributed by atoms with Crippen molar-refractivity contribution >= 4 is 66.4 Å². The minimum atomic E-state index is -0.421. The Morgan fingerprint density at radius 2 is 1.94 bits per heavy atom. The summed E-state index contributed by atoms with van der Waals surface area (Å²) in [5, 5.41) is 0.124. The Kier molecular flexibility index (Phi) is 4.53. The van der Waals surface area contributed by atoms with Gasteiger partial charge in [0.15, 0.2) is 0 Å². The Labute approximate surface area is 129 Å². The highest BCUT2D eigenvalue weighted by Gasteiger charge is 2.16. The monoisotopic (exact) mass is 416 g/mol. The maximum absolute atomic E-state index is 13.4. The Morgan fingerprint density at radius 1 is 1.24 bits per heavy atom. The highest BCUT2D eigenvalue weighted by atomic mass is 79.9. The largest absolute Gasteiger partial charge is 0.205 e. The van der Waals surface area contributed by atoms with Crippen LogP contribution in [0.1, 0.15) is 15.3 Å². The number of halogens is 5. The van der Waals surface area contributed by atoms with E-state index in [1.807, 2.05) is 6.07 Å². The molecular formula is C11H5Br2Cl2FS. The maximum atomic E-state index is 13.4. The molecule has 0 aliphatic heterocycles. The molecule has 1 aromatic heterocycles. The Hall–Kier alpha value is 0.390. The number of hydrogen-bond donors (Lipinski definition) is 0. The topological polar surface area (TPSA) is 0 Å². The molecule has 0 aliphatic carbocycles. The van der Waals surface area contributed by atoms with Crippen LogP contribution in [-0.2, 0) is 0 Å². The summed E-state index contributed by atoms with van der Waals surface area (Å²) in [6, 6.07) is 6.67. The molecule has 1 aromatic carbocycles. The van der Waals surface area contributed by atoms with Crippen molar-refractivity contribution in [3.63, 3.8) is 0 Å². The van der Waals surface area contributed by atoms with Crippen molar-refractivity contribution < 1.29 is 4.39 Å². The van der Waals surface area contributed by atoms with Crippen molar-refractivity contribution in [2.75, 3.05) is 0 Å². The van der Waals surface area contributed by atoms with Crippen LogP contribution in [-0.4, -0.2) is 0 Å². The third kappa shape index (κ3) is 3.04. The molecule has 0 aliphatic rings. The molecule has 0 N–H and O–H groups in total. The Bertz CT molecular complexity index is 537. The summed E-state index contributed by atoms with van der Waals surface area (Å²) in [7, 11) is 0. The van der Waals surface area contributed by atoms with Crippen LogP contribution >= 0.6 is 66.4 Å². The lowest BCUT2D eigenvalue weighted by atomic mass is 10.1. The average Bonchev–Trinajstić information content (AvgIpc) is 2.62. The van der Waals surface area contributed by atoms with E-state index in [2.05, 4.69) is 31.9 Å². The fourth-order valence-corrected chi connectivity index (χ4v) is 3.88. The van der Waals surface area contributed by atoms with Crippen LogP contribution in [0.25, 0.3) is 0 Å². The van der Waals surface area contributed by atoms with Crippen LogP contribution < -0.4 is 0 Å². The molecule has 0 radical (unpaired) electrons. The second-order valence-electron chi connectivity index (χ2n) is 3.31. The zero-order chi connectivity index (χ0) is 12.6. The van der Waals surface area contributed by atoms with Gasteiger partial charge in [0.2, 0.25) is 0 Å². The van der Waals surface area contributed by atoms with Crippen molar-refractivity contribution in [3.05, 3.63) is 54.4 Å². The minimum Gasteiger partial charge on any atom is -0.205 e. The first-order valence-electron chi connectivity index (χ1n) is 4.53. The van der Waals surface area contributed by atoms with Gasteiger partial charge in [0.1, 0.15) is 10.2 Å². The zero-order valence-corrected chi connectivity index (χ0v) is 13.7. The third-order valence-electron chi connectivity index (χ3n) is 2.15. The van der Waals surface area contributed by atoms with E-state index in [0.717, 1.165) is 14.9 Å². The number of alkyl halides is 1. The molecule has 0 nitrogen and oxygen atoms in total. The van der Waals surface area contributed by atoms with E-state index < -0.39 is 5.82 Å². The predicted molar refractivity (Wildman–Crippen MR) is 79.2 cm³/mol. The van der Waals surface area contributed by atoms with E-state index >= 15 is 0 Å². The molecule has 0 bridgehead atoms. The van der Waals surface area contributed by atoms with E-state index in [9.17, 15) is 4.39 Å². The van der Waals surface area contributed by atoms with Gasteiger partial charge in [0.25, 0.3) is 0 Å². The molecule has 1 heterocycles. The summed E-state index contributed by atoms with van der Waals surface area (Å²) >= 11 is 19.9. The number of rotatable bonds is 2. The molecule has 0 saturated heterocycles. The molecule has 90 valence electrons. The first-order chi connectivity index (χ1) is 7.99. The SMILES string of the molecule is Fc1cc(C(Br)c2cc(Br)c(Cl)s2)ccc1Cl. The van der Waals surface area contributed by atoms with E-state index in [1.165, 1.54) is 17.4 Å². The summed E-state index contributed by atoms with van der Waals surface area (Å²) in [5.41, 5.74) is 0.803. The van der Waals surface area contributed by atoms with Gasteiger partial charge in [0, 0.05) is 9.35 Å². The van der Waals surface area contributed by atoms with Crippen LogP contribution in [0.15, 0.2) is 28.7 Å². The van der Waals surface area contributed by atoms with Gasteiger partial charge in [-0.3, -0.25) is 0 Å². The number of thiophene rings is 1. The molecule has 17 heavy (non-hydrogen) atoms. The van der Waals surface area contributed by atoms with Crippen molar-refractivity contribution in [2.45, 2.75) is 4.83 Å². The first kappa shape index (κ1) is 13.8. The first-order valence-corrected chi connectivity index (χ1v) is 7.81. The van der Waals surface area contributed by atoms with Crippen LogP contribution in [0.3, 0.4) is 0 Å². The van der Waals surface area contributed by atoms with E-state index in [0.29, 0.717) is 4.34 Å². The maximum Gasteiger partial charge on any atom is 0.142 e. The van der Waals surface area contributed by atoms with Gasteiger partial charge in [-0.25, -0.2) is 4.39 Å². The molecule has 1 atom stereocenters. The van der Waals surface area contributed by atoms with Gasteiger partial charge < -0.3 is 0 Å². The van der Waals surface area contributed by atoms with Crippen LogP contribution in [0.5, 0.6) is 0 Å². The van der Waals surface area contributed by atoms with Gasteiger partial charge in [-0.2, -0.15) is 0 Å². The van der Waals surface area contributed by atoms with Gasteiger partial charge in [-0.1, -0.05) is 45.2 Å². The molecule has 1 unspecified atom stereocenters. The van der Waals surface area contributed by atoms with E-state index in [-0.39, 0.29) is 9.85 Å². The van der Waals surface area contributed by atoms with Gasteiger partial charge in [-0.05, 0) is 39.7 Å². The van der Waals surface area contributed by atoms with E-state index in [1.54, 1.807) is 12.1 Å². The normalized spacial score (nSPS) is 12.8. The lowest BCUT2D eigenvalue weighted by Gasteiger charge is -2.08. The Morgan fingerprint density at radius 3 is 2.47 bits per heavy atom. The quantitative estimate of drug-likeness (QED) is 0.492. The van der Waals surface area contributed by atoms with Gasteiger partial charge in [-0.15, -0.1) is 11.3 Å². The molecule has 6 heteroatoms. The lowest BCUT2D eigenvalue weighted by molar-refractivity contribution is 0.626. The average molecular weight is 419 g/mol. The van der Waals surface area contributed by atoms with Crippen LogP contribution in [0.4, 0.5) is 4.39 Å². The molecular weight excluding hydrogens is 414 g/mol. The minimum absolute atomic E-state index is 0.0944. The molecule has 2 rings (SSSR count). The summed E-state index contributed by atoms with van der Waals surface area (Å²) in [5.74, 6) is -0.421. The van der Waals surface area contributed by atoms with Crippen molar-refractivity contribution in [2.24, 2.45) is 0 Å². The predicted octanol–water partition coefficient (Wildman–Crippen LogP) is 6.44. The highest BCUT2D eigenvalue weighted by molar-refractivity contribution is 9.10. The Balaban J connectivity index is 2.36. The van der Waals surface area contributed by atoms with Gasteiger partial charge in [0.05, 0.1) is 9.85 Å². The van der Waals surface area contributed by atoms with Crippen LogP contribution in [0.2, 0.25) is 9.36 Å². The standard InChI is InChI=1S/C11H5Br2Cl2FS/c12-6-4-9(17-11(6)15)10(13)5-1-2-7(14)8(16)3-5/h1-4,10H. The highest BCUT2D eigenvalue weighted by Crippen LogP contribution is 2.41. The fourth-order valence-electron chi connectivity index (χ4n) is 1.32. The second kappa shape index (κ2) is 5.57. The lowest BCUT2D eigenvalue weighted by Crippen LogP contribution is -1.91. The fraction of sp³-hybridized carbons (Fsp3) is 0.0909. The van der Waals surface area contributed by atoms with Crippen LogP contribution in [0, 0.1) is 5.82 Å². The summed E-state index contributed by atoms with van der Waals surface area (Å²) in [6.07, 6.45) is 0. The van der Waals surface area contributed by atoms with Crippen molar-refractivity contribution in [1.29, 1.82) is 0 Å². The summed E-state index contributed by atoms with van der Waals surface area (Å²) in [6.45, 7) is 0. The number of benzene rings is 1. The second-order valence-corrected chi connectivity index (χ2v) is 7.17. The molecule has 0 fully saturated rings. The molecule has 0 saturated carbocycles. The van der Waals surface area contributed by atoms with Crippen molar-refractivity contribution in [3.8, 4) is 0 Å². The van der Waals surface area contributed by atoms with E-state index in [4.69, 9.17) is 23.2 Å². The summed E-state index contributed by atoms with van der Waals surface area (Å²) < 4.78 is 14.9. The molecule has 0 spiro atoms. The molecule has 2 aromatic rings. The smallest absolute Gasteiger partial charge is 0.142 e. The van der Waals surface area contributed by atoms with Gasteiger partial charge >= 0.3 is 0 Å². The zero-order valence-electron chi connectivity index (χ0n) is 8.18. The number of hydrogen-bond acceptors (Lipinski definition) is 1. The molecule has 0 amide bonds. The summed E-state index contributed by atoms with van der Waals surface area (Å²) in [4.78, 5) is 0.909. The van der Waals surface area contributed by atoms with Crippen molar-refractivity contribution in [1.82, 2.24) is 0 Å². The third-order valence-corrected chi connectivity index (χ3v) is 6.32.